The summed E-state index contributed by atoms with van der Waals surface area (Å²) in [6, 6.07) is 8.15. The zero-order valence-corrected chi connectivity index (χ0v) is 21.7. The van der Waals surface area contributed by atoms with E-state index in [1.54, 1.807) is 17.0 Å². The Morgan fingerprint density at radius 3 is 2.41 bits per heavy atom. The van der Waals surface area contributed by atoms with Crippen LogP contribution in [-0.2, 0) is 6.18 Å². The first-order valence-corrected chi connectivity index (χ1v) is 12.9. The van der Waals surface area contributed by atoms with E-state index in [0.29, 0.717) is 51.4 Å². The third-order valence-electron chi connectivity index (χ3n) is 6.77. The monoisotopic (exact) mass is 577 g/mol. The number of aliphatic hydroxyl groups is 1. The summed E-state index contributed by atoms with van der Waals surface area (Å²) in [7, 11) is 0. The van der Waals surface area contributed by atoms with Crippen LogP contribution in [0, 0.1) is 5.82 Å². The van der Waals surface area contributed by atoms with E-state index in [0.717, 1.165) is 0 Å². The quantitative estimate of drug-likeness (QED) is 0.391. The average Bonchev–Trinajstić information content (AvgIpc) is 3.42. The fourth-order valence-electron chi connectivity index (χ4n) is 4.65. The van der Waals surface area contributed by atoms with Crippen molar-refractivity contribution in [1.82, 2.24) is 14.9 Å². The number of β-amino-alcohol motifs (C(OH)–C–C–N with tert-alkyl or cyclic N) is 1. The van der Waals surface area contributed by atoms with Gasteiger partial charge < -0.3 is 34.9 Å². The molecular weight excluding hydrogens is 550 g/mol. The van der Waals surface area contributed by atoms with Crippen molar-refractivity contribution in [3.8, 4) is 0 Å². The van der Waals surface area contributed by atoms with Crippen LogP contribution in [0.2, 0.25) is 0 Å². The van der Waals surface area contributed by atoms with Gasteiger partial charge in [0, 0.05) is 39.3 Å². The second kappa shape index (κ2) is 11.6. The van der Waals surface area contributed by atoms with Gasteiger partial charge in [-0.1, -0.05) is 12.1 Å². The number of piperidine rings is 1. The summed E-state index contributed by atoms with van der Waals surface area (Å²) < 4.78 is 60.0. The number of aliphatic hydroxyl groups excluding tert-OH is 1. The molecule has 1 aromatic carbocycles. The molecule has 2 aliphatic rings. The van der Waals surface area contributed by atoms with Gasteiger partial charge in [0.2, 0.25) is 5.76 Å². The molecule has 0 radical (unpaired) electrons. The van der Waals surface area contributed by atoms with Crippen LogP contribution >= 0.6 is 0 Å². The van der Waals surface area contributed by atoms with Gasteiger partial charge in [-0.25, -0.2) is 14.2 Å². The van der Waals surface area contributed by atoms with Gasteiger partial charge in [-0.05, 0) is 37.1 Å². The second-order valence-corrected chi connectivity index (χ2v) is 9.66. The number of oxazole rings is 1. The third-order valence-corrected chi connectivity index (χ3v) is 6.77. The van der Waals surface area contributed by atoms with Crippen molar-refractivity contribution >= 4 is 35.1 Å². The second-order valence-electron chi connectivity index (χ2n) is 9.66. The molecule has 2 aromatic heterocycles. The van der Waals surface area contributed by atoms with E-state index in [-0.39, 0.29) is 23.9 Å². The highest BCUT2D eigenvalue weighted by molar-refractivity contribution is 6.03. The number of carbonyl (C=O) groups excluding carboxylic acids is 2. The Labute approximate surface area is 231 Å². The Morgan fingerprint density at radius 1 is 1.00 bits per heavy atom. The molecule has 15 heteroatoms. The van der Waals surface area contributed by atoms with Gasteiger partial charge in [-0.2, -0.15) is 18.2 Å². The van der Waals surface area contributed by atoms with Crippen molar-refractivity contribution in [2.45, 2.75) is 25.1 Å². The van der Waals surface area contributed by atoms with Crippen LogP contribution in [0.3, 0.4) is 0 Å². The largest absolute Gasteiger partial charge is 0.437 e. The predicted molar refractivity (Wildman–Crippen MR) is 140 cm³/mol. The maximum Gasteiger partial charge on any atom is 0.437 e. The number of halogens is 4. The molecule has 0 aliphatic carbocycles. The van der Waals surface area contributed by atoms with Gasteiger partial charge in [0.25, 0.3) is 11.9 Å². The van der Waals surface area contributed by atoms with Crippen molar-refractivity contribution in [3.63, 3.8) is 0 Å². The highest BCUT2D eigenvalue weighted by atomic mass is 19.4. The minimum atomic E-state index is -4.93. The minimum absolute atomic E-state index is 0.0504. The number of amides is 3. The number of urea groups is 1. The minimum Gasteiger partial charge on any atom is -0.417 e. The van der Waals surface area contributed by atoms with Gasteiger partial charge in [0.1, 0.15) is 11.6 Å². The summed E-state index contributed by atoms with van der Waals surface area (Å²) in [4.78, 5) is 37.9. The molecule has 3 N–H and O–H groups in total. The Bertz CT molecular complexity index is 1390. The Morgan fingerprint density at radius 2 is 1.76 bits per heavy atom. The molecular formula is C26H27F4N7O4. The highest BCUT2D eigenvalue weighted by Crippen LogP contribution is 2.35. The molecule has 0 spiro atoms. The summed E-state index contributed by atoms with van der Waals surface area (Å²) in [5.74, 6) is -2.12. The van der Waals surface area contributed by atoms with Crippen LogP contribution in [0.1, 0.15) is 29.1 Å². The van der Waals surface area contributed by atoms with Gasteiger partial charge in [0.05, 0.1) is 23.7 Å². The Kier molecular flexibility index (Phi) is 7.97. The van der Waals surface area contributed by atoms with E-state index in [2.05, 4.69) is 20.6 Å². The van der Waals surface area contributed by atoms with E-state index in [1.807, 2.05) is 4.90 Å². The van der Waals surface area contributed by atoms with Gasteiger partial charge in [0.15, 0.2) is 5.69 Å². The van der Waals surface area contributed by atoms with Crippen molar-refractivity contribution in [2.24, 2.45) is 0 Å². The van der Waals surface area contributed by atoms with Gasteiger partial charge in [-0.3, -0.25) is 4.79 Å². The Balaban J connectivity index is 1.20. The first-order chi connectivity index (χ1) is 19.6. The number of nitrogens with one attached hydrogen (secondary N) is 2. The molecule has 2 saturated heterocycles. The van der Waals surface area contributed by atoms with Crippen molar-refractivity contribution < 1.29 is 36.7 Å². The van der Waals surface area contributed by atoms with Gasteiger partial charge >= 0.3 is 12.2 Å². The fourth-order valence-corrected chi connectivity index (χ4v) is 4.65. The number of benzene rings is 1. The molecule has 1 atom stereocenters. The number of anilines is 4. The molecule has 4 heterocycles. The lowest BCUT2D eigenvalue weighted by atomic mass is 10.1. The maximum atomic E-state index is 13.8. The molecule has 11 nitrogen and oxygen atoms in total. The molecule has 2 fully saturated rings. The molecule has 3 amide bonds. The number of carbonyl (C=O) groups is 2. The van der Waals surface area contributed by atoms with E-state index in [1.165, 1.54) is 35.4 Å². The van der Waals surface area contributed by atoms with Crippen LogP contribution in [0.25, 0.3) is 0 Å². The molecule has 1 unspecified atom stereocenters. The topological polar surface area (TPSA) is 127 Å². The maximum absolute atomic E-state index is 13.8. The van der Waals surface area contributed by atoms with Crippen LogP contribution in [-0.4, -0.2) is 77.3 Å². The van der Waals surface area contributed by atoms with E-state index in [4.69, 9.17) is 4.42 Å². The van der Waals surface area contributed by atoms with E-state index < -0.39 is 41.5 Å². The van der Waals surface area contributed by atoms with E-state index >= 15 is 0 Å². The molecule has 218 valence electrons. The number of aromatic nitrogens is 2. The number of rotatable bonds is 5. The first kappa shape index (κ1) is 28.1. The van der Waals surface area contributed by atoms with Crippen LogP contribution in [0.15, 0.2) is 47.0 Å². The number of alkyl halides is 3. The number of pyridine rings is 1. The fraction of sp³-hybridized carbons (Fsp3) is 0.385. The van der Waals surface area contributed by atoms with Gasteiger partial charge in [-0.15, -0.1) is 0 Å². The summed E-state index contributed by atoms with van der Waals surface area (Å²) in [5, 5.41) is 14.8. The third kappa shape index (κ3) is 6.51. The number of hydrogen-bond acceptors (Lipinski definition) is 8. The normalized spacial score (nSPS) is 17.9. The summed E-state index contributed by atoms with van der Waals surface area (Å²) in [5.41, 5.74) is -1.22. The smallest absolute Gasteiger partial charge is 0.417 e. The van der Waals surface area contributed by atoms with Crippen molar-refractivity contribution in [2.75, 3.05) is 59.7 Å². The van der Waals surface area contributed by atoms with E-state index in [9.17, 15) is 32.3 Å². The molecule has 2 aliphatic heterocycles. The average molecular weight is 578 g/mol. The zero-order chi connectivity index (χ0) is 29.1. The van der Waals surface area contributed by atoms with Crippen LogP contribution in [0.4, 0.5) is 45.6 Å². The lowest BCUT2D eigenvalue weighted by Gasteiger charge is -2.35. The predicted octanol–water partition coefficient (Wildman–Crippen LogP) is 3.80. The first-order valence-electron chi connectivity index (χ1n) is 12.9. The Hall–Kier alpha value is -4.40. The van der Waals surface area contributed by atoms with Crippen molar-refractivity contribution in [1.29, 1.82) is 0 Å². The number of nitrogens with zero attached hydrogens (tertiary/aromatic N) is 5. The molecule has 3 aromatic rings. The van der Waals surface area contributed by atoms with Crippen LogP contribution < -0.4 is 20.4 Å². The lowest BCUT2D eigenvalue weighted by molar-refractivity contribution is -0.141. The molecule has 41 heavy (non-hydrogen) atoms. The van der Waals surface area contributed by atoms with Crippen LogP contribution in [0.5, 0.6) is 0 Å². The number of piperazine rings is 1. The SMILES string of the molecule is O=C(Nc1ccc(N2CCN(C(=O)Nc3ccccc3F)CC2)nc1)c1oc(N2CCCC(O)C2)nc1C(F)(F)F. The summed E-state index contributed by atoms with van der Waals surface area (Å²) in [6.45, 7) is 1.96. The number of para-hydroxylation sites is 1. The number of hydrogen-bond donors (Lipinski definition) is 3. The highest BCUT2D eigenvalue weighted by Gasteiger charge is 2.42. The molecule has 0 bridgehead atoms. The molecule has 5 rings (SSSR count). The van der Waals surface area contributed by atoms with Crippen molar-refractivity contribution in [3.05, 3.63) is 59.9 Å². The summed E-state index contributed by atoms with van der Waals surface area (Å²) >= 11 is 0. The summed E-state index contributed by atoms with van der Waals surface area (Å²) in [6.07, 6.45) is -3.30. The standard InChI is InChI=1S/C26H27F4N7O4/c27-18-5-1-2-6-19(18)33-24(40)36-12-10-35(11-13-36)20-8-7-16(14-31-20)32-23(39)21-22(26(28,29)30)34-25(41-21)37-9-3-4-17(38)15-37/h1-2,5-8,14,17,38H,3-4,9-13,15H2,(H,32,39)(H,33,40). The lowest BCUT2D eigenvalue weighted by Crippen LogP contribution is -2.50. The molecule has 0 saturated carbocycles. The zero-order valence-electron chi connectivity index (χ0n) is 21.7.